The molecule has 1 aromatic heterocycles. The number of aryl methyl sites for hydroxylation is 2. The molecule has 0 atom stereocenters. The third-order valence-corrected chi connectivity index (χ3v) is 6.65. The maximum Gasteiger partial charge on any atom is 0.251 e. The first-order valence-corrected chi connectivity index (χ1v) is 9.71. The van der Waals surface area contributed by atoms with Crippen molar-refractivity contribution < 1.29 is 13.2 Å². The molecule has 2 heterocycles. The number of rotatable bonds is 4. The number of sulfonamides is 1. The van der Waals surface area contributed by atoms with Crippen molar-refractivity contribution >= 4 is 15.9 Å². The van der Waals surface area contributed by atoms with Gasteiger partial charge in [0.25, 0.3) is 5.91 Å². The summed E-state index contributed by atoms with van der Waals surface area (Å²) in [6, 6.07) is 9.00. The Morgan fingerprint density at radius 3 is 2.40 bits per heavy atom. The summed E-state index contributed by atoms with van der Waals surface area (Å²) in [6.07, 6.45) is 1.18. The third-order valence-electron chi connectivity index (χ3n) is 4.48. The van der Waals surface area contributed by atoms with E-state index in [1.54, 1.807) is 26.0 Å². The van der Waals surface area contributed by atoms with Crippen molar-refractivity contribution in [3.8, 4) is 0 Å². The summed E-state index contributed by atoms with van der Waals surface area (Å²) in [4.78, 5) is 12.5. The van der Waals surface area contributed by atoms with E-state index in [0.29, 0.717) is 42.9 Å². The topological polar surface area (TPSA) is 95.2 Å². The monoisotopic (exact) mass is 362 g/mol. The normalized spacial score (nSPS) is 16.7. The number of nitrogens with zero attached hydrogens (tertiary/aromatic N) is 2. The van der Waals surface area contributed by atoms with Crippen molar-refractivity contribution in [3.63, 3.8) is 0 Å². The number of H-pyrrole nitrogens is 1. The first kappa shape index (κ1) is 17.6. The Balaban J connectivity index is 1.63. The van der Waals surface area contributed by atoms with Crippen LogP contribution >= 0.6 is 0 Å². The van der Waals surface area contributed by atoms with Gasteiger partial charge in [-0.15, -0.1) is 0 Å². The van der Waals surface area contributed by atoms with E-state index in [4.69, 9.17) is 0 Å². The number of hydrogen-bond acceptors (Lipinski definition) is 4. The highest BCUT2D eigenvalue weighted by atomic mass is 32.2. The highest BCUT2D eigenvalue weighted by molar-refractivity contribution is 7.89. The van der Waals surface area contributed by atoms with E-state index in [0.717, 1.165) is 0 Å². The van der Waals surface area contributed by atoms with Crippen molar-refractivity contribution in [1.29, 1.82) is 0 Å². The predicted octanol–water partition coefficient (Wildman–Crippen LogP) is 1.61. The van der Waals surface area contributed by atoms with Gasteiger partial charge < -0.3 is 5.32 Å². The lowest BCUT2D eigenvalue weighted by atomic mass is 10.1. The molecule has 3 rings (SSSR count). The molecule has 1 aromatic carbocycles. The van der Waals surface area contributed by atoms with Crippen LogP contribution in [0.25, 0.3) is 0 Å². The van der Waals surface area contributed by atoms with Crippen LogP contribution in [0.1, 0.15) is 34.6 Å². The summed E-state index contributed by atoms with van der Waals surface area (Å²) >= 11 is 0. The summed E-state index contributed by atoms with van der Waals surface area (Å²) < 4.78 is 27.1. The van der Waals surface area contributed by atoms with Crippen LogP contribution in [0, 0.1) is 13.8 Å². The lowest BCUT2D eigenvalue weighted by Crippen LogP contribution is -2.46. The van der Waals surface area contributed by atoms with Crippen molar-refractivity contribution in [1.82, 2.24) is 19.8 Å². The molecule has 0 bridgehead atoms. The van der Waals surface area contributed by atoms with E-state index in [2.05, 4.69) is 15.5 Å². The van der Waals surface area contributed by atoms with E-state index in [1.807, 2.05) is 18.2 Å². The summed E-state index contributed by atoms with van der Waals surface area (Å²) in [5.74, 6) is -0.122. The first-order chi connectivity index (χ1) is 11.9. The number of benzene rings is 1. The average molecular weight is 362 g/mol. The van der Waals surface area contributed by atoms with Gasteiger partial charge in [-0.2, -0.15) is 9.40 Å². The smallest absolute Gasteiger partial charge is 0.251 e. The second kappa shape index (κ2) is 6.97. The zero-order chi connectivity index (χ0) is 18.0. The molecule has 0 unspecified atom stereocenters. The Kier molecular flexibility index (Phi) is 4.91. The van der Waals surface area contributed by atoms with Crippen LogP contribution < -0.4 is 5.32 Å². The Hall–Kier alpha value is -2.19. The molecule has 1 amide bonds. The number of piperidine rings is 1. The molecule has 0 aliphatic carbocycles. The Labute approximate surface area is 147 Å². The highest BCUT2D eigenvalue weighted by Crippen LogP contribution is 2.24. The van der Waals surface area contributed by atoms with Crippen LogP contribution in [0.5, 0.6) is 0 Å². The van der Waals surface area contributed by atoms with Crippen LogP contribution in [-0.4, -0.2) is 48.0 Å². The van der Waals surface area contributed by atoms with Crippen molar-refractivity contribution in [2.24, 2.45) is 0 Å². The second-order valence-electron chi connectivity index (χ2n) is 6.28. The van der Waals surface area contributed by atoms with Gasteiger partial charge in [0, 0.05) is 24.7 Å². The summed E-state index contributed by atoms with van der Waals surface area (Å²) in [5.41, 5.74) is 1.65. The van der Waals surface area contributed by atoms with Gasteiger partial charge in [0.05, 0.1) is 11.4 Å². The number of amides is 1. The van der Waals surface area contributed by atoms with E-state index in [-0.39, 0.29) is 16.8 Å². The number of aromatic nitrogens is 2. The molecular formula is C17H22N4O3S. The zero-order valence-electron chi connectivity index (χ0n) is 14.3. The second-order valence-corrected chi connectivity index (χ2v) is 8.16. The number of nitrogens with one attached hydrogen (secondary N) is 2. The molecule has 8 heteroatoms. The first-order valence-electron chi connectivity index (χ1n) is 8.27. The van der Waals surface area contributed by atoms with E-state index in [9.17, 15) is 13.2 Å². The molecule has 2 N–H and O–H groups in total. The molecule has 1 fully saturated rings. The third kappa shape index (κ3) is 3.59. The zero-order valence-corrected chi connectivity index (χ0v) is 15.1. The number of carbonyl (C=O) groups is 1. The molecule has 134 valence electrons. The summed E-state index contributed by atoms with van der Waals surface area (Å²) in [5, 5.41) is 9.69. The van der Waals surface area contributed by atoms with Crippen molar-refractivity contribution in [2.45, 2.75) is 37.6 Å². The molecular weight excluding hydrogens is 340 g/mol. The van der Waals surface area contributed by atoms with E-state index < -0.39 is 10.0 Å². The molecule has 25 heavy (non-hydrogen) atoms. The van der Waals surface area contributed by atoms with Crippen LogP contribution in [0.15, 0.2) is 35.2 Å². The predicted molar refractivity (Wildman–Crippen MR) is 93.8 cm³/mol. The van der Waals surface area contributed by atoms with E-state index in [1.165, 1.54) is 4.31 Å². The fourth-order valence-electron chi connectivity index (χ4n) is 3.15. The van der Waals surface area contributed by atoms with Gasteiger partial charge in [0.15, 0.2) is 0 Å². The minimum absolute atomic E-state index is 0.0225. The molecule has 1 aliphatic rings. The lowest BCUT2D eigenvalue weighted by Gasteiger charge is -2.31. The van der Waals surface area contributed by atoms with Gasteiger partial charge in [-0.1, -0.05) is 18.2 Å². The van der Waals surface area contributed by atoms with Crippen LogP contribution in [-0.2, 0) is 10.0 Å². The number of aromatic amines is 1. The standard InChI is InChI=1S/C17H22N4O3S/c1-12-16(13(2)20-19-12)25(23,24)21-10-8-15(9-11-21)18-17(22)14-6-4-3-5-7-14/h3-7,15H,8-11H2,1-2H3,(H,18,22)(H,19,20). The molecule has 7 nitrogen and oxygen atoms in total. The quantitative estimate of drug-likeness (QED) is 0.864. The Morgan fingerprint density at radius 2 is 1.84 bits per heavy atom. The van der Waals surface area contributed by atoms with E-state index >= 15 is 0 Å². The Bertz CT molecular complexity index is 834. The van der Waals surface area contributed by atoms with Crippen LogP contribution in [0.3, 0.4) is 0 Å². The maximum absolute atomic E-state index is 12.8. The minimum Gasteiger partial charge on any atom is -0.349 e. The van der Waals surface area contributed by atoms with Crippen molar-refractivity contribution in [3.05, 3.63) is 47.3 Å². The van der Waals surface area contributed by atoms with Gasteiger partial charge in [0.1, 0.15) is 4.90 Å². The fourth-order valence-corrected chi connectivity index (χ4v) is 4.95. The fraction of sp³-hybridized carbons (Fsp3) is 0.412. The minimum atomic E-state index is -3.56. The van der Waals surface area contributed by atoms with Gasteiger partial charge in [0.2, 0.25) is 10.0 Å². The highest BCUT2D eigenvalue weighted by Gasteiger charge is 2.33. The van der Waals surface area contributed by atoms with Crippen LogP contribution in [0.2, 0.25) is 0 Å². The Morgan fingerprint density at radius 1 is 1.20 bits per heavy atom. The van der Waals surface area contributed by atoms with Crippen LogP contribution in [0.4, 0.5) is 0 Å². The maximum atomic E-state index is 12.8. The molecule has 1 saturated heterocycles. The van der Waals surface area contributed by atoms with Gasteiger partial charge in [-0.25, -0.2) is 8.42 Å². The van der Waals surface area contributed by atoms with Crippen molar-refractivity contribution in [2.75, 3.05) is 13.1 Å². The molecule has 0 radical (unpaired) electrons. The van der Waals surface area contributed by atoms with Gasteiger partial charge >= 0.3 is 0 Å². The largest absolute Gasteiger partial charge is 0.349 e. The molecule has 1 aliphatic heterocycles. The SMILES string of the molecule is Cc1n[nH]c(C)c1S(=O)(=O)N1CCC(NC(=O)c2ccccc2)CC1. The summed E-state index contributed by atoms with van der Waals surface area (Å²) in [7, 11) is -3.56. The molecule has 0 spiro atoms. The van der Waals surface area contributed by atoms with Gasteiger partial charge in [-0.05, 0) is 38.8 Å². The average Bonchev–Trinajstić information content (AvgIpc) is 2.95. The van der Waals surface area contributed by atoms with Gasteiger partial charge in [-0.3, -0.25) is 9.89 Å². The molecule has 0 saturated carbocycles. The number of carbonyl (C=O) groups excluding carboxylic acids is 1. The lowest BCUT2D eigenvalue weighted by molar-refractivity contribution is 0.0924. The molecule has 2 aromatic rings. The number of hydrogen-bond donors (Lipinski definition) is 2. The summed E-state index contributed by atoms with van der Waals surface area (Å²) in [6.45, 7) is 4.15.